The Hall–Kier alpha value is -2.97. The van der Waals surface area contributed by atoms with E-state index in [1.165, 1.54) is 0 Å². The first-order chi connectivity index (χ1) is 10.2. The number of nitrogens with zero attached hydrogens (tertiary/aromatic N) is 7. The molecular weight excluding hydrogens is 270 g/mol. The van der Waals surface area contributed by atoms with Gasteiger partial charge in [0.2, 0.25) is 11.9 Å². The summed E-state index contributed by atoms with van der Waals surface area (Å²) in [6, 6.07) is 1.81. The molecule has 2 N–H and O–H groups in total. The lowest BCUT2D eigenvalue weighted by atomic mass is 10.4. The highest BCUT2D eigenvalue weighted by atomic mass is 15.4. The van der Waals surface area contributed by atoms with Gasteiger partial charge in [0.1, 0.15) is 0 Å². The van der Waals surface area contributed by atoms with Gasteiger partial charge in [-0.15, -0.1) is 0 Å². The molecule has 9 heteroatoms. The molecule has 0 aliphatic rings. The predicted octanol–water partition coefficient (Wildman–Crippen LogP) is 0.885. The molecule has 0 saturated carbocycles. The van der Waals surface area contributed by atoms with E-state index in [9.17, 15) is 0 Å². The third-order valence-corrected chi connectivity index (χ3v) is 2.82. The first-order valence-electron chi connectivity index (χ1n) is 6.37. The van der Waals surface area contributed by atoms with Crippen molar-refractivity contribution in [2.45, 2.75) is 6.92 Å². The molecule has 0 spiro atoms. The Balaban J connectivity index is 1.98. The van der Waals surface area contributed by atoms with Crippen molar-refractivity contribution < 1.29 is 0 Å². The molecule has 0 aliphatic carbocycles. The Morgan fingerprint density at radius 3 is 2.57 bits per heavy atom. The maximum atomic E-state index is 4.36. The van der Waals surface area contributed by atoms with E-state index in [1.54, 1.807) is 34.9 Å². The summed E-state index contributed by atoms with van der Waals surface area (Å²) in [7, 11) is 3.61. The molecule has 108 valence electrons. The number of nitrogens with one attached hydrogen (secondary N) is 2. The number of aromatic nitrogens is 7. The van der Waals surface area contributed by atoms with E-state index in [2.05, 4.69) is 35.8 Å². The Labute approximate surface area is 121 Å². The molecule has 0 radical (unpaired) electrons. The van der Waals surface area contributed by atoms with Crippen LogP contribution >= 0.6 is 0 Å². The Kier molecular flexibility index (Phi) is 3.22. The third kappa shape index (κ3) is 2.66. The number of hydrogen-bond donors (Lipinski definition) is 2. The second-order valence-electron chi connectivity index (χ2n) is 4.41. The van der Waals surface area contributed by atoms with Crippen LogP contribution in [-0.2, 0) is 7.05 Å². The highest BCUT2D eigenvalue weighted by Gasteiger charge is 2.10. The number of anilines is 3. The summed E-state index contributed by atoms with van der Waals surface area (Å²) in [5.74, 6) is 1.32. The third-order valence-electron chi connectivity index (χ3n) is 2.82. The van der Waals surface area contributed by atoms with Crippen LogP contribution in [0.1, 0.15) is 5.69 Å². The van der Waals surface area contributed by atoms with Crippen LogP contribution in [0.15, 0.2) is 24.7 Å². The van der Waals surface area contributed by atoms with Crippen molar-refractivity contribution in [3.63, 3.8) is 0 Å². The van der Waals surface area contributed by atoms with E-state index in [4.69, 9.17) is 0 Å². The van der Waals surface area contributed by atoms with E-state index in [0.29, 0.717) is 17.8 Å². The lowest BCUT2D eigenvalue weighted by Gasteiger charge is -2.07. The molecule has 21 heavy (non-hydrogen) atoms. The van der Waals surface area contributed by atoms with Gasteiger partial charge in [-0.3, -0.25) is 4.68 Å². The van der Waals surface area contributed by atoms with Crippen LogP contribution < -0.4 is 10.6 Å². The zero-order valence-corrected chi connectivity index (χ0v) is 11.9. The van der Waals surface area contributed by atoms with Crippen molar-refractivity contribution in [1.29, 1.82) is 0 Å². The highest BCUT2D eigenvalue weighted by molar-refractivity contribution is 5.56. The summed E-state index contributed by atoms with van der Waals surface area (Å²) in [5, 5.41) is 14.5. The van der Waals surface area contributed by atoms with Crippen LogP contribution in [0.4, 0.5) is 17.6 Å². The fourth-order valence-electron chi connectivity index (χ4n) is 1.86. The van der Waals surface area contributed by atoms with Crippen LogP contribution in [0.2, 0.25) is 0 Å². The maximum absolute atomic E-state index is 4.36. The first-order valence-corrected chi connectivity index (χ1v) is 6.37. The first kappa shape index (κ1) is 13.0. The van der Waals surface area contributed by atoms with Crippen molar-refractivity contribution in [2.24, 2.45) is 7.05 Å². The van der Waals surface area contributed by atoms with Crippen LogP contribution in [-0.4, -0.2) is 41.6 Å². The van der Waals surface area contributed by atoms with E-state index >= 15 is 0 Å². The van der Waals surface area contributed by atoms with E-state index < -0.39 is 0 Å². The average Bonchev–Trinajstić information content (AvgIpc) is 3.09. The summed E-state index contributed by atoms with van der Waals surface area (Å²) in [6.07, 6.45) is 5.31. The molecule has 3 aromatic rings. The van der Waals surface area contributed by atoms with Gasteiger partial charge in [-0.05, 0) is 13.0 Å². The normalized spacial score (nSPS) is 10.6. The van der Waals surface area contributed by atoms with Crippen LogP contribution in [0.5, 0.6) is 0 Å². The van der Waals surface area contributed by atoms with E-state index in [1.807, 2.05) is 20.2 Å². The summed E-state index contributed by atoms with van der Waals surface area (Å²) >= 11 is 0. The fourth-order valence-corrected chi connectivity index (χ4v) is 1.86. The molecular formula is C12H15N9. The van der Waals surface area contributed by atoms with Gasteiger partial charge in [-0.1, -0.05) is 0 Å². The van der Waals surface area contributed by atoms with Gasteiger partial charge in [-0.2, -0.15) is 25.1 Å². The Morgan fingerprint density at radius 2 is 1.95 bits per heavy atom. The van der Waals surface area contributed by atoms with Crippen molar-refractivity contribution in [3.05, 3.63) is 30.4 Å². The molecule has 9 nitrogen and oxygen atoms in total. The fraction of sp³-hybridized carbons (Fsp3) is 0.250. The SMILES string of the molecule is CNc1nc(Nc2cn(C)nc2C)nc(-n2cccn2)n1. The number of hydrogen-bond acceptors (Lipinski definition) is 7. The van der Waals surface area contributed by atoms with Crippen LogP contribution in [0.3, 0.4) is 0 Å². The van der Waals surface area contributed by atoms with Crippen molar-refractivity contribution in [2.75, 3.05) is 17.7 Å². The van der Waals surface area contributed by atoms with Crippen molar-refractivity contribution in [3.8, 4) is 5.95 Å². The number of aryl methyl sites for hydroxylation is 2. The predicted molar refractivity (Wildman–Crippen MR) is 77.7 cm³/mol. The molecule has 0 aliphatic heterocycles. The molecule has 3 rings (SSSR count). The summed E-state index contributed by atoms with van der Waals surface area (Å²) < 4.78 is 3.30. The Morgan fingerprint density at radius 1 is 1.14 bits per heavy atom. The minimum atomic E-state index is 0.427. The van der Waals surface area contributed by atoms with Gasteiger partial charge >= 0.3 is 0 Å². The lowest BCUT2D eigenvalue weighted by molar-refractivity contribution is 0.756. The van der Waals surface area contributed by atoms with Gasteiger partial charge in [-0.25, -0.2) is 4.68 Å². The highest BCUT2D eigenvalue weighted by Crippen LogP contribution is 2.17. The number of rotatable bonds is 4. The van der Waals surface area contributed by atoms with Gasteiger partial charge in [0, 0.05) is 32.7 Å². The molecule has 0 fully saturated rings. The van der Waals surface area contributed by atoms with E-state index in [0.717, 1.165) is 11.4 Å². The van der Waals surface area contributed by atoms with Gasteiger partial charge < -0.3 is 10.6 Å². The van der Waals surface area contributed by atoms with Crippen molar-refractivity contribution in [1.82, 2.24) is 34.5 Å². The molecule has 0 amide bonds. The van der Waals surface area contributed by atoms with Gasteiger partial charge in [0.15, 0.2) is 0 Å². The van der Waals surface area contributed by atoms with Crippen LogP contribution in [0.25, 0.3) is 5.95 Å². The second kappa shape index (κ2) is 5.19. The minimum absolute atomic E-state index is 0.427. The summed E-state index contributed by atoms with van der Waals surface area (Å²) in [4.78, 5) is 12.9. The Bertz CT molecular complexity index is 744. The smallest absolute Gasteiger partial charge is 0.257 e. The molecule has 3 heterocycles. The molecule has 0 aromatic carbocycles. The second-order valence-corrected chi connectivity index (χ2v) is 4.41. The lowest BCUT2D eigenvalue weighted by Crippen LogP contribution is -2.09. The molecule has 3 aromatic heterocycles. The zero-order chi connectivity index (χ0) is 14.8. The molecule has 0 bridgehead atoms. The van der Waals surface area contributed by atoms with Crippen molar-refractivity contribution >= 4 is 17.6 Å². The largest absolute Gasteiger partial charge is 0.357 e. The standard InChI is InChI=1S/C12H15N9/c1-8-9(7-20(3)19-8)15-11-16-10(13-2)17-12(18-11)21-6-4-5-14-21/h4-7H,1-3H3,(H2,13,15,16,17,18). The summed E-state index contributed by atoms with van der Waals surface area (Å²) in [6.45, 7) is 1.91. The van der Waals surface area contributed by atoms with E-state index in [-0.39, 0.29) is 0 Å². The average molecular weight is 285 g/mol. The van der Waals surface area contributed by atoms with Crippen LogP contribution in [0, 0.1) is 6.92 Å². The topological polar surface area (TPSA) is 98.4 Å². The maximum Gasteiger partial charge on any atom is 0.257 e. The quantitative estimate of drug-likeness (QED) is 0.734. The zero-order valence-electron chi connectivity index (χ0n) is 11.9. The molecule has 0 unspecified atom stereocenters. The van der Waals surface area contributed by atoms with Gasteiger partial charge in [0.05, 0.1) is 11.4 Å². The summed E-state index contributed by atoms with van der Waals surface area (Å²) in [5.41, 5.74) is 1.71. The minimum Gasteiger partial charge on any atom is -0.357 e. The molecule has 0 saturated heterocycles. The monoisotopic (exact) mass is 285 g/mol. The molecule has 0 atom stereocenters. The van der Waals surface area contributed by atoms with Gasteiger partial charge in [0.25, 0.3) is 5.95 Å².